The van der Waals surface area contributed by atoms with E-state index in [0.29, 0.717) is 33.9 Å². The van der Waals surface area contributed by atoms with E-state index < -0.39 is 0 Å². The Balaban J connectivity index is 1.65. The van der Waals surface area contributed by atoms with Crippen LogP contribution in [0.15, 0.2) is 51.4 Å². The number of hydrogen-bond acceptors (Lipinski definition) is 4. The number of benzene rings is 2. The monoisotopic (exact) mass is 412 g/mol. The summed E-state index contributed by atoms with van der Waals surface area (Å²) >= 11 is 10.9. The molecule has 7 heteroatoms. The maximum Gasteiger partial charge on any atom is 0.248 e. The van der Waals surface area contributed by atoms with Crippen molar-refractivity contribution in [3.05, 3.63) is 69.2 Å². The summed E-state index contributed by atoms with van der Waals surface area (Å²) in [5, 5.41) is 8.50. The SMILES string of the molecule is Fc1cccc(Cl)c1CSCc1nnc(-c2ccccc2Br)o1. The van der Waals surface area contributed by atoms with Gasteiger partial charge in [0.2, 0.25) is 11.8 Å². The third-order valence-corrected chi connectivity index (χ3v) is 5.09. The number of nitrogens with zero attached hydrogens (tertiary/aromatic N) is 2. The molecule has 0 bridgehead atoms. The molecule has 0 aliphatic rings. The third kappa shape index (κ3) is 3.94. The van der Waals surface area contributed by atoms with Gasteiger partial charge >= 0.3 is 0 Å². The molecule has 0 N–H and O–H groups in total. The fraction of sp³-hybridized carbons (Fsp3) is 0.125. The summed E-state index contributed by atoms with van der Waals surface area (Å²) in [5.74, 6) is 1.58. The first-order valence-electron chi connectivity index (χ1n) is 6.73. The van der Waals surface area contributed by atoms with Gasteiger partial charge in [0.1, 0.15) is 5.82 Å². The highest BCUT2D eigenvalue weighted by atomic mass is 79.9. The summed E-state index contributed by atoms with van der Waals surface area (Å²) in [7, 11) is 0. The summed E-state index contributed by atoms with van der Waals surface area (Å²) in [6, 6.07) is 12.3. The molecule has 23 heavy (non-hydrogen) atoms. The quantitative estimate of drug-likeness (QED) is 0.536. The van der Waals surface area contributed by atoms with E-state index in [-0.39, 0.29) is 5.82 Å². The molecule has 0 aliphatic heterocycles. The lowest BCUT2D eigenvalue weighted by Crippen LogP contribution is -1.90. The van der Waals surface area contributed by atoms with Crippen molar-refractivity contribution < 1.29 is 8.81 Å². The van der Waals surface area contributed by atoms with Gasteiger partial charge in [-0.15, -0.1) is 22.0 Å². The molecule has 3 rings (SSSR count). The Kier molecular flexibility index (Phi) is 5.35. The molecule has 0 spiro atoms. The van der Waals surface area contributed by atoms with Gasteiger partial charge in [0.05, 0.1) is 11.3 Å². The third-order valence-electron chi connectivity index (χ3n) is 3.10. The number of hydrogen-bond donors (Lipinski definition) is 0. The molecule has 2 aromatic carbocycles. The molecule has 0 unspecified atom stereocenters. The van der Waals surface area contributed by atoms with Crippen molar-refractivity contribution in [2.45, 2.75) is 11.5 Å². The smallest absolute Gasteiger partial charge is 0.248 e. The van der Waals surface area contributed by atoms with Crippen LogP contribution in [-0.4, -0.2) is 10.2 Å². The van der Waals surface area contributed by atoms with Crippen LogP contribution < -0.4 is 0 Å². The molecule has 118 valence electrons. The largest absolute Gasteiger partial charge is 0.420 e. The maximum atomic E-state index is 13.7. The van der Waals surface area contributed by atoms with Crippen molar-refractivity contribution in [2.24, 2.45) is 0 Å². The van der Waals surface area contributed by atoms with Gasteiger partial charge in [-0.25, -0.2) is 4.39 Å². The van der Waals surface area contributed by atoms with Crippen molar-refractivity contribution in [2.75, 3.05) is 0 Å². The Morgan fingerprint density at radius 3 is 2.70 bits per heavy atom. The molecule has 3 nitrogen and oxygen atoms in total. The van der Waals surface area contributed by atoms with E-state index in [1.807, 2.05) is 24.3 Å². The fourth-order valence-corrected chi connectivity index (χ4v) is 3.62. The molecule has 1 heterocycles. The Labute approximate surface area is 150 Å². The van der Waals surface area contributed by atoms with E-state index in [1.165, 1.54) is 17.8 Å². The van der Waals surface area contributed by atoms with Crippen LogP contribution in [0.25, 0.3) is 11.5 Å². The predicted octanol–water partition coefficient (Wildman–Crippen LogP) is 5.73. The number of halogens is 3. The molecule has 0 radical (unpaired) electrons. The topological polar surface area (TPSA) is 38.9 Å². The van der Waals surface area contributed by atoms with Crippen molar-refractivity contribution in [3.63, 3.8) is 0 Å². The standard InChI is InChI=1S/C16H11BrClFN2OS/c17-12-5-2-1-4-10(12)16-21-20-15(22-16)9-23-8-11-13(18)6-3-7-14(11)19/h1-7H,8-9H2. The molecule has 0 amide bonds. The fourth-order valence-electron chi connectivity index (χ4n) is 1.97. The van der Waals surface area contributed by atoms with Gasteiger partial charge < -0.3 is 4.42 Å². The van der Waals surface area contributed by atoms with Gasteiger partial charge in [-0.05, 0) is 40.2 Å². The van der Waals surface area contributed by atoms with Gasteiger partial charge in [-0.1, -0.05) is 29.8 Å². The van der Waals surface area contributed by atoms with Gasteiger partial charge in [-0.2, -0.15) is 0 Å². The number of aromatic nitrogens is 2. The minimum Gasteiger partial charge on any atom is -0.420 e. The highest BCUT2D eigenvalue weighted by Crippen LogP contribution is 2.29. The van der Waals surface area contributed by atoms with E-state index in [0.717, 1.165) is 10.0 Å². The highest BCUT2D eigenvalue weighted by molar-refractivity contribution is 9.10. The Bertz CT molecular complexity index is 807. The first kappa shape index (κ1) is 16.5. The van der Waals surface area contributed by atoms with Crippen LogP contribution in [0.2, 0.25) is 5.02 Å². The van der Waals surface area contributed by atoms with E-state index in [1.54, 1.807) is 12.1 Å². The minimum absolute atomic E-state index is 0.301. The summed E-state index contributed by atoms with van der Waals surface area (Å²) in [6.07, 6.45) is 0. The van der Waals surface area contributed by atoms with Crippen LogP contribution in [0.4, 0.5) is 4.39 Å². The second-order valence-electron chi connectivity index (χ2n) is 4.67. The zero-order chi connectivity index (χ0) is 16.2. The van der Waals surface area contributed by atoms with Crippen LogP contribution in [0, 0.1) is 5.82 Å². The average molecular weight is 414 g/mol. The molecule has 0 aliphatic carbocycles. The minimum atomic E-state index is -0.301. The van der Waals surface area contributed by atoms with Crippen molar-refractivity contribution in [3.8, 4) is 11.5 Å². The van der Waals surface area contributed by atoms with E-state index in [4.69, 9.17) is 16.0 Å². The summed E-state index contributed by atoms with van der Waals surface area (Å²) < 4.78 is 20.2. The van der Waals surface area contributed by atoms with Crippen LogP contribution in [0.5, 0.6) is 0 Å². The average Bonchev–Trinajstić information content (AvgIpc) is 2.99. The maximum absolute atomic E-state index is 13.7. The molecule has 1 aromatic heterocycles. The Morgan fingerprint density at radius 2 is 1.91 bits per heavy atom. The Morgan fingerprint density at radius 1 is 1.09 bits per heavy atom. The van der Waals surface area contributed by atoms with E-state index in [9.17, 15) is 4.39 Å². The van der Waals surface area contributed by atoms with Crippen molar-refractivity contribution >= 4 is 39.3 Å². The van der Waals surface area contributed by atoms with E-state index in [2.05, 4.69) is 26.1 Å². The number of thioether (sulfide) groups is 1. The Hall–Kier alpha value is -1.37. The zero-order valence-electron chi connectivity index (χ0n) is 11.8. The van der Waals surface area contributed by atoms with Crippen LogP contribution >= 0.6 is 39.3 Å². The molecule has 0 saturated carbocycles. The van der Waals surface area contributed by atoms with Crippen molar-refractivity contribution in [1.82, 2.24) is 10.2 Å². The second kappa shape index (κ2) is 7.47. The summed E-state index contributed by atoms with van der Waals surface area (Å²) in [5.41, 5.74) is 1.33. The number of rotatable bonds is 5. The molecular formula is C16H11BrClFN2OS. The predicted molar refractivity (Wildman–Crippen MR) is 93.8 cm³/mol. The van der Waals surface area contributed by atoms with Crippen LogP contribution in [-0.2, 0) is 11.5 Å². The lowest BCUT2D eigenvalue weighted by atomic mass is 10.2. The first-order chi connectivity index (χ1) is 11.1. The molecular weight excluding hydrogens is 403 g/mol. The lowest BCUT2D eigenvalue weighted by Gasteiger charge is -2.04. The van der Waals surface area contributed by atoms with Crippen LogP contribution in [0.1, 0.15) is 11.5 Å². The molecule has 0 saturated heterocycles. The van der Waals surface area contributed by atoms with Crippen molar-refractivity contribution in [1.29, 1.82) is 0 Å². The highest BCUT2D eigenvalue weighted by Gasteiger charge is 2.12. The normalized spacial score (nSPS) is 10.9. The van der Waals surface area contributed by atoms with E-state index >= 15 is 0 Å². The zero-order valence-corrected chi connectivity index (χ0v) is 15.0. The van der Waals surface area contributed by atoms with Gasteiger partial charge in [0.15, 0.2) is 0 Å². The van der Waals surface area contributed by atoms with Gasteiger partial charge in [-0.3, -0.25) is 0 Å². The summed E-state index contributed by atoms with van der Waals surface area (Å²) in [6.45, 7) is 0. The second-order valence-corrected chi connectivity index (χ2v) is 6.92. The van der Waals surface area contributed by atoms with Gasteiger partial charge in [0, 0.05) is 20.8 Å². The first-order valence-corrected chi connectivity index (χ1v) is 9.05. The van der Waals surface area contributed by atoms with Crippen LogP contribution in [0.3, 0.4) is 0 Å². The van der Waals surface area contributed by atoms with Gasteiger partial charge in [0.25, 0.3) is 0 Å². The lowest BCUT2D eigenvalue weighted by molar-refractivity contribution is 0.528. The molecule has 3 aromatic rings. The summed E-state index contributed by atoms with van der Waals surface area (Å²) in [4.78, 5) is 0. The molecule has 0 atom stereocenters. The molecule has 0 fully saturated rings.